The van der Waals surface area contributed by atoms with Crippen LogP contribution < -0.4 is 0 Å². The summed E-state index contributed by atoms with van der Waals surface area (Å²) >= 11 is 1.56. The second kappa shape index (κ2) is 7.55. The molecule has 2 aliphatic heterocycles. The number of aliphatic hydroxyl groups is 1. The molecule has 0 bridgehead atoms. The van der Waals surface area contributed by atoms with Crippen LogP contribution in [0.2, 0.25) is 0 Å². The fourth-order valence-corrected chi connectivity index (χ4v) is 3.90. The van der Waals surface area contributed by atoms with Crippen molar-refractivity contribution in [1.82, 2.24) is 4.90 Å². The molecule has 6 heteroatoms. The number of amides is 1. The highest BCUT2D eigenvalue weighted by Crippen LogP contribution is 2.30. The monoisotopic (exact) mass is 325 g/mol. The van der Waals surface area contributed by atoms with E-state index in [4.69, 9.17) is 9.47 Å². The first kappa shape index (κ1) is 15.9. The lowest BCUT2D eigenvalue weighted by Gasteiger charge is -2.29. The molecule has 0 aromatic carbocycles. The first-order valence-electron chi connectivity index (χ1n) is 7.98. The highest BCUT2D eigenvalue weighted by molar-refractivity contribution is 7.10. The predicted molar refractivity (Wildman–Crippen MR) is 83.6 cm³/mol. The van der Waals surface area contributed by atoms with Gasteiger partial charge in [-0.2, -0.15) is 0 Å². The molecule has 3 rings (SSSR count). The van der Waals surface area contributed by atoms with Gasteiger partial charge in [-0.1, -0.05) is 6.07 Å². The van der Waals surface area contributed by atoms with Gasteiger partial charge in [-0.3, -0.25) is 4.79 Å². The number of hydrogen-bond donors (Lipinski definition) is 1. The van der Waals surface area contributed by atoms with Crippen molar-refractivity contribution in [2.24, 2.45) is 0 Å². The molecule has 0 unspecified atom stereocenters. The van der Waals surface area contributed by atoms with E-state index >= 15 is 0 Å². The first-order valence-corrected chi connectivity index (χ1v) is 8.86. The van der Waals surface area contributed by atoms with Crippen molar-refractivity contribution < 1.29 is 19.4 Å². The van der Waals surface area contributed by atoms with Gasteiger partial charge in [0.05, 0.1) is 25.7 Å². The molecular weight excluding hydrogens is 302 g/mol. The van der Waals surface area contributed by atoms with Crippen molar-refractivity contribution >= 4 is 17.2 Å². The second-order valence-corrected chi connectivity index (χ2v) is 6.86. The highest BCUT2D eigenvalue weighted by Gasteiger charge is 2.32. The van der Waals surface area contributed by atoms with E-state index in [0.29, 0.717) is 19.6 Å². The fourth-order valence-electron chi connectivity index (χ4n) is 3.18. The molecule has 0 saturated carbocycles. The highest BCUT2D eigenvalue weighted by atomic mass is 32.1. The van der Waals surface area contributed by atoms with E-state index in [0.717, 1.165) is 30.7 Å². The summed E-state index contributed by atoms with van der Waals surface area (Å²) < 4.78 is 10.9. The maximum atomic E-state index is 12.5. The molecule has 0 spiro atoms. The van der Waals surface area contributed by atoms with Gasteiger partial charge >= 0.3 is 0 Å². The van der Waals surface area contributed by atoms with Gasteiger partial charge in [0, 0.05) is 17.5 Å². The topological polar surface area (TPSA) is 59.0 Å². The zero-order valence-corrected chi connectivity index (χ0v) is 13.5. The molecule has 0 aliphatic carbocycles. The Morgan fingerprint density at radius 1 is 1.41 bits per heavy atom. The van der Waals surface area contributed by atoms with Crippen LogP contribution in [0.25, 0.3) is 0 Å². The van der Waals surface area contributed by atoms with Crippen molar-refractivity contribution in [3.8, 4) is 0 Å². The Morgan fingerprint density at radius 2 is 2.23 bits per heavy atom. The lowest BCUT2D eigenvalue weighted by atomic mass is 10.1. The second-order valence-electron chi connectivity index (χ2n) is 5.88. The van der Waals surface area contributed by atoms with E-state index < -0.39 is 12.4 Å². The minimum atomic E-state index is -0.486. The van der Waals surface area contributed by atoms with Gasteiger partial charge in [0.15, 0.2) is 6.29 Å². The molecule has 5 nitrogen and oxygen atoms in total. The minimum absolute atomic E-state index is 0.0766. The first-order chi connectivity index (χ1) is 10.7. The van der Waals surface area contributed by atoms with E-state index in [1.807, 2.05) is 22.4 Å². The van der Waals surface area contributed by atoms with Crippen LogP contribution in [0.3, 0.4) is 0 Å². The van der Waals surface area contributed by atoms with Gasteiger partial charge < -0.3 is 19.5 Å². The summed E-state index contributed by atoms with van der Waals surface area (Å²) in [5.74, 6) is 0.0766. The van der Waals surface area contributed by atoms with Crippen LogP contribution in [0.4, 0.5) is 0 Å². The van der Waals surface area contributed by atoms with Gasteiger partial charge in [0.1, 0.15) is 0 Å². The van der Waals surface area contributed by atoms with E-state index in [-0.39, 0.29) is 18.4 Å². The third-order valence-electron chi connectivity index (χ3n) is 4.30. The number of aliphatic hydroxyl groups excluding tert-OH is 1. The van der Waals surface area contributed by atoms with Crippen LogP contribution in [-0.2, 0) is 14.3 Å². The van der Waals surface area contributed by atoms with E-state index in [1.54, 1.807) is 11.3 Å². The fraction of sp³-hybridized carbons (Fsp3) is 0.688. The molecule has 22 heavy (non-hydrogen) atoms. The third-order valence-corrected chi connectivity index (χ3v) is 5.28. The third kappa shape index (κ3) is 3.87. The van der Waals surface area contributed by atoms with Crippen LogP contribution in [0.1, 0.15) is 43.1 Å². The summed E-state index contributed by atoms with van der Waals surface area (Å²) in [6, 6.07) is 4.01. The average Bonchev–Trinajstić information content (AvgIpc) is 3.19. The van der Waals surface area contributed by atoms with Gasteiger partial charge in [0.25, 0.3) is 0 Å². The Kier molecular flexibility index (Phi) is 5.46. The van der Waals surface area contributed by atoms with Gasteiger partial charge in [-0.15, -0.1) is 11.3 Å². The predicted octanol–water partition coefficient (Wildman–Crippen LogP) is 2.32. The SMILES string of the molecule is O=C(CC1OCCCO1)N1CCC[C@@H]1C[C@@H](O)c1cccs1. The molecule has 1 N–H and O–H groups in total. The van der Waals surface area contributed by atoms with Crippen molar-refractivity contribution in [2.45, 2.75) is 50.5 Å². The Labute approximate surface area is 134 Å². The number of likely N-dealkylation sites (tertiary alicyclic amines) is 1. The maximum Gasteiger partial charge on any atom is 0.227 e. The molecule has 3 heterocycles. The number of thiophene rings is 1. The summed E-state index contributed by atoms with van der Waals surface area (Å²) in [4.78, 5) is 15.4. The average molecular weight is 325 g/mol. The van der Waals surface area contributed by atoms with Gasteiger partial charge in [-0.05, 0) is 37.1 Å². The van der Waals surface area contributed by atoms with Crippen LogP contribution in [-0.4, -0.2) is 48.0 Å². The molecular formula is C16H23NO4S. The normalized spacial score (nSPS) is 24.6. The molecule has 2 aliphatic rings. The molecule has 1 aromatic rings. The summed E-state index contributed by atoms with van der Waals surface area (Å²) in [7, 11) is 0. The van der Waals surface area contributed by atoms with Crippen molar-refractivity contribution in [3.63, 3.8) is 0 Å². The Balaban J connectivity index is 1.54. The van der Waals surface area contributed by atoms with E-state index in [2.05, 4.69) is 0 Å². The number of carbonyl (C=O) groups excluding carboxylic acids is 1. The lowest BCUT2D eigenvalue weighted by Crippen LogP contribution is -2.39. The molecule has 2 saturated heterocycles. The number of nitrogens with zero attached hydrogens (tertiary/aromatic N) is 1. The Bertz CT molecular complexity index is 473. The van der Waals surface area contributed by atoms with Crippen LogP contribution >= 0.6 is 11.3 Å². The zero-order valence-electron chi connectivity index (χ0n) is 12.6. The summed E-state index contributed by atoms with van der Waals surface area (Å²) in [6.07, 6.45) is 2.86. The van der Waals surface area contributed by atoms with Crippen LogP contribution in [0, 0.1) is 0 Å². The zero-order chi connectivity index (χ0) is 15.4. The molecule has 1 amide bonds. The van der Waals surface area contributed by atoms with Crippen LogP contribution in [0.15, 0.2) is 17.5 Å². The lowest BCUT2D eigenvalue weighted by molar-refractivity contribution is -0.187. The molecule has 122 valence electrons. The van der Waals surface area contributed by atoms with Crippen LogP contribution in [0.5, 0.6) is 0 Å². The smallest absolute Gasteiger partial charge is 0.227 e. The summed E-state index contributed by atoms with van der Waals surface area (Å²) in [5.41, 5.74) is 0. The number of hydrogen-bond acceptors (Lipinski definition) is 5. The summed E-state index contributed by atoms with van der Waals surface area (Å²) in [5, 5.41) is 12.3. The molecule has 2 fully saturated rings. The molecule has 0 radical (unpaired) electrons. The number of carbonyl (C=O) groups is 1. The largest absolute Gasteiger partial charge is 0.387 e. The van der Waals surface area contributed by atoms with Crippen molar-refractivity contribution in [1.29, 1.82) is 0 Å². The quantitative estimate of drug-likeness (QED) is 0.902. The van der Waals surface area contributed by atoms with E-state index in [9.17, 15) is 9.90 Å². The van der Waals surface area contributed by atoms with Crippen molar-refractivity contribution in [2.75, 3.05) is 19.8 Å². The minimum Gasteiger partial charge on any atom is -0.387 e. The molecule has 2 atom stereocenters. The standard InChI is InChI=1S/C16H23NO4S/c18-13(14-5-2-9-22-14)10-12-4-1-6-17(12)15(19)11-16-20-7-3-8-21-16/h2,5,9,12-13,16,18H,1,3-4,6-8,10-11H2/t12-,13-/m1/s1. The summed E-state index contributed by atoms with van der Waals surface area (Å²) in [6.45, 7) is 2.10. The Hall–Kier alpha value is -0.950. The van der Waals surface area contributed by atoms with Crippen molar-refractivity contribution in [3.05, 3.63) is 22.4 Å². The molecule has 1 aromatic heterocycles. The Morgan fingerprint density at radius 3 is 2.95 bits per heavy atom. The van der Waals surface area contributed by atoms with E-state index in [1.165, 1.54) is 0 Å². The van der Waals surface area contributed by atoms with Gasteiger partial charge in [-0.25, -0.2) is 0 Å². The number of rotatable bonds is 5. The van der Waals surface area contributed by atoms with Gasteiger partial charge in [0.2, 0.25) is 5.91 Å². The number of ether oxygens (including phenoxy) is 2. The maximum absolute atomic E-state index is 12.5.